The predicted molar refractivity (Wildman–Crippen MR) is 162 cm³/mol. The molecule has 0 saturated carbocycles. The number of nitrogens with zero attached hydrogens (tertiary/aromatic N) is 3. The number of rotatable bonds is 6. The van der Waals surface area contributed by atoms with Gasteiger partial charge in [0.1, 0.15) is 5.60 Å². The second-order valence-electron chi connectivity index (χ2n) is 11.3. The van der Waals surface area contributed by atoms with Gasteiger partial charge in [0.15, 0.2) is 0 Å². The summed E-state index contributed by atoms with van der Waals surface area (Å²) in [5, 5.41) is 10.6. The van der Waals surface area contributed by atoms with Crippen LogP contribution in [0.5, 0.6) is 0 Å². The normalized spacial score (nSPS) is 17.7. The quantitative estimate of drug-likeness (QED) is 0.222. The van der Waals surface area contributed by atoms with Gasteiger partial charge in [0.25, 0.3) is 0 Å². The van der Waals surface area contributed by atoms with Gasteiger partial charge in [-0.3, -0.25) is 10.1 Å². The molecule has 4 N–H and O–H groups in total. The molecule has 1 aliphatic rings. The number of halogens is 1. The number of para-hydroxylation sites is 1. The number of hydrogen-bond donors (Lipinski definition) is 4. The summed E-state index contributed by atoms with van der Waals surface area (Å²) in [6.07, 6.45) is 3.59. The maximum Gasteiger partial charge on any atom is 0.412 e. The number of benzene rings is 2. The van der Waals surface area contributed by atoms with E-state index in [0.29, 0.717) is 41.0 Å². The molecule has 11 heteroatoms. The maximum absolute atomic E-state index is 13.2. The van der Waals surface area contributed by atoms with E-state index in [1.54, 1.807) is 51.2 Å². The molecule has 4 aromatic rings. The van der Waals surface area contributed by atoms with Gasteiger partial charge in [-0.15, -0.1) is 0 Å². The number of aromatic amines is 1. The third-order valence-corrected chi connectivity index (χ3v) is 7.00. The van der Waals surface area contributed by atoms with Crippen molar-refractivity contribution >= 4 is 51.8 Å². The highest BCUT2D eigenvalue weighted by Gasteiger charge is 2.31. The highest BCUT2D eigenvalue weighted by molar-refractivity contribution is 6.33. The van der Waals surface area contributed by atoms with E-state index in [1.807, 2.05) is 37.5 Å². The van der Waals surface area contributed by atoms with E-state index in [-0.39, 0.29) is 17.9 Å². The fourth-order valence-electron chi connectivity index (χ4n) is 4.99. The third kappa shape index (κ3) is 7.14. The zero-order valence-electron chi connectivity index (χ0n) is 23.5. The lowest BCUT2D eigenvalue weighted by Crippen LogP contribution is -2.48. The molecule has 2 aromatic heterocycles. The number of carbonyl (C=O) groups excluding carboxylic acids is 2. The molecule has 5 rings (SSSR count). The smallest absolute Gasteiger partial charge is 0.412 e. The van der Waals surface area contributed by atoms with Gasteiger partial charge in [0.05, 0.1) is 22.8 Å². The number of nitrogens with one attached hydrogen (secondary N) is 4. The van der Waals surface area contributed by atoms with Crippen LogP contribution in [0.4, 0.5) is 22.1 Å². The summed E-state index contributed by atoms with van der Waals surface area (Å²) in [5.41, 5.74) is 3.19. The molecule has 2 amide bonds. The Morgan fingerprint density at radius 3 is 2.49 bits per heavy atom. The lowest BCUT2D eigenvalue weighted by Gasteiger charge is -2.35. The van der Waals surface area contributed by atoms with E-state index in [9.17, 15) is 9.59 Å². The number of carbonyl (C=O) groups is 2. The number of hydrogen-bond acceptors (Lipinski definition) is 7. The molecule has 0 aliphatic carbocycles. The highest BCUT2D eigenvalue weighted by Crippen LogP contribution is 2.32. The Morgan fingerprint density at radius 1 is 1.05 bits per heavy atom. The fourth-order valence-corrected chi connectivity index (χ4v) is 5.19. The van der Waals surface area contributed by atoms with E-state index >= 15 is 0 Å². The van der Waals surface area contributed by atoms with Crippen molar-refractivity contribution < 1.29 is 14.3 Å². The van der Waals surface area contributed by atoms with Gasteiger partial charge in [-0.1, -0.05) is 29.8 Å². The summed E-state index contributed by atoms with van der Waals surface area (Å²) in [4.78, 5) is 39.7. The van der Waals surface area contributed by atoms with Crippen molar-refractivity contribution in [3.63, 3.8) is 0 Å². The van der Waals surface area contributed by atoms with Gasteiger partial charge in [-0.2, -0.15) is 0 Å². The molecule has 41 heavy (non-hydrogen) atoms. The third-order valence-electron chi connectivity index (χ3n) is 6.72. The van der Waals surface area contributed by atoms with Crippen LogP contribution in [0.15, 0.2) is 60.9 Å². The minimum Gasteiger partial charge on any atom is -0.444 e. The molecule has 0 bridgehead atoms. The van der Waals surface area contributed by atoms with Crippen molar-refractivity contribution in [1.82, 2.24) is 19.9 Å². The molecule has 3 heterocycles. The minimum absolute atomic E-state index is 0.0399. The number of H-pyrrole nitrogens is 1. The lowest BCUT2D eigenvalue weighted by atomic mass is 9.93. The van der Waals surface area contributed by atoms with Gasteiger partial charge in [0, 0.05) is 53.2 Å². The van der Waals surface area contributed by atoms with Crippen LogP contribution in [0.2, 0.25) is 5.02 Å². The summed E-state index contributed by atoms with van der Waals surface area (Å²) in [7, 11) is 1.99. The average Bonchev–Trinajstić information content (AvgIpc) is 3.33. The second kappa shape index (κ2) is 11.8. The maximum atomic E-state index is 13.2. The van der Waals surface area contributed by atoms with Gasteiger partial charge in [0.2, 0.25) is 11.9 Å². The zero-order valence-corrected chi connectivity index (χ0v) is 24.2. The van der Waals surface area contributed by atoms with Crippen molar-refractivity contribution in [2.45, 2.75) is 38.8 Å². The second-order valence-corrected chi connectivity index (χ2v) is 11.7. The Labute approximate surface area is 243 Å². The van der Waals surface area contributed by atoms with Crippen LogP contribution in [-0.4, -0.2) is 63.6 Å². The molecule has 0 spiro atoms. The molecule has 214 valence electrons. The number of fused-ring (bicyclic) bond motifs is 1. The first-order valence-corrected chi connectivity index (χ1v) is 13.9. The van der Waals surface area contributed by atoms with Gasteiger partial charge in [-0.05, 0) is 64.6 Å². The minimum atomic E-state index is -0.586. The molecule has 0 radical (unpaired) electrons. The van der Waals surface area contributed by atoms with E-state index in [4.69, 9.17) is 21.3 Å². The Bertz CT molecular complexity index is 1550. The van der Waals surface area contributed by atoms with Crippen molar-refractivity contribution in [2.24, 2.45) is 5.92 Å². The number of likely N-dealkylation sites (tertiary alicyclic amines) is 1. The van der Waals surface area contributed by atoms with Crippen LogP contribution in [0.25, 0.3) is 22.2 Å². The number of aromatic nitrogens is 3. The number of piperidine rings is 1. The van der Waals surface area contributed by atoms with Gasteiger partial charge >= 0.3 is 6.09 Å². The summed E-state index contributed by atoms with van der Waals surface area (Å²) in [6, 6.07) is 14.9. The van der Waals surface area contributed by atoms with Crippen LogP contribution in [0.1, 0.15) is 27.2 Å². The molecule has 10 nitrogen and oxygen atoms in total. The van der Waals surface area contributed by atoms with Crippen LogP contribution < -0.4 is 16.0 Å². The topological polar surface area (TPSA) is 124 Å². The van der Waals surface area contributed by atoms with Crippen molar-refractivity contribution in [2.75, 3.05) is 36.1 Å². The van der Waals surface area contributed by atoms with Gasteiger partial charge in [-0.25, -0.2) is 14.8 Å². The number of anilines is 3. The zero-order chi connectivity index (χ0) is 29.1. The lowest BCUT2D eigenvalue weighted by molar-refractivity contribution is -0.121. The number of amides is 2. The van der Waals surface area contributed by atoms with E-state index in [2.05, 4.69) is 30.8 Å². The Morgan fingerprint density at radius 2 is 1.76 bits per heavy atom. The monoisotopic (exact) mass is 575 g/mol. The van der Waals surface area contributed by atoms with E-state index in [0.717, 1.165) is 23.0 Å². The molecular weight excluding hydrogens is 542 g/mol. The van der Waals surface area contributed by atoms with Crippen LogP contribution in [0, 0.1) is 5.92 Å². The summed E-state index contributed by atoms with van der Waals surface area (Å²) >= 11 is 6.50. The molecular formula is C30H34ClN7O3. The fraction of sp³-hybridized carbons (Fsp3) is 0.333. The van der Waals surface area contributed by atoms with E-state index in [1.165, 1.54) is 0 Å². The standard InChI is InChI=1S/C30H34ClN7O3/c1-30(2,3)41-29(40)36-20-11-9-19(10-12-20)34-27(39)18-13-21(17-38(4)16-18)35-28-33-15-24(31)26(37-28)23-14-32-25-8-6-5-7-22(23)25/h5-12,14-15,18,21,32H,13,16-17H2,1-4H3,(H,34,39)(H,36,40)(H,33,35,37)/t18-,21?/m1/s1. The molecule has 1 aliphatic heterocycles. The molecule has 1 unspecified atom stereocenters. The highest BCUT2D eigenvalue weighted by atomic mass is 35.5. The number of ether oxygens (including phenoxy) is 1. The SMILES string of the molecule is CN1CC(Nc2ncc(Cl)c(-c3c[nH]c4ccccc34)n2)C[C@@H](C(=O)Nc2ccc(NC(=O)OC(C)(C)C)cc2)C1. The first kappa shape index (κ1) is 28.4. The van der Waals surface area contributed by atoms with E-state index < -0.39 is 11.7 Å². The summed E-state index contributed by atoms with van der Waals surface area (Å²) in [6.45, 7) is 6.78. The Hall–Kier alpha value is -4.15. The average molecular weight is 576 g/mol. The summed E-state index contributed by atoms with van der Waals surface area (Å²) < 4.78 is 5.28. The van der Waals surface area contributed by atoms with Crippen molar-refractivity contribution in [3.8, 4) is 11.3 Å². The Kier molecular flexibility index (Phi) is 8.14. The Balaban J connectivity index is 1.22. The first-order valence-electron chi connectivity index (χ1n) is 13.5. The summed E-state index contributed by atoms with van der Waals surface area (Å²) in [5.74, 6) is 0.140. The predicted octanol–water partition coefficient (Wildman–Crippen LogP) is 6.00. The van der Waals surface area contributed by atoms with Crippen LogP contribution in [-0.2, 0) is 9.53 Å². The van der Waals surface area contributed by atoms with Gasteiger partial charge < -0.3 is 25.3 Å². The van der Waals surface area contributed by atoms with Crippen molar-refractivity contribution in [1.29, 1.82) is 0 Å². The van der Waals surface area contributed by atoms with Crippen LogP contribution >= 0.6 is 11.6 Å². The molecule has 1 saturated heterocycles. The van der Waals surface area contributed by atoms with Crippen molar-refractivity contribution in [3.05, 3.63) is 65.9 Å². The largest absolute Gasteiger partial charge is 0.444 e. The molecule has 2 aromatic carbocycles. The molecule has 2 atom stereocenters. The van der Waals surface area contributed by atoms with Crippen LogP contribution in [0.3, 0.4) is 0 Å². The first-order chi connectivity index (χ1) is 19.5. The molecule has 1 fully saturated rings. The number of likely N-dealkylation sites (N-methyl/N-ethyl adjacent to an activating group) is 1.